The van der Waals surface area contributed by atoms with Crippen LogP contribution < -0.4 is 10.6 Å². The third-order valence-electron chi connectivity index (χ3n) is 4.03. The molecule has 0 spiro atoms. The minimum atomic E-state index is -0.751. The molecule has 1 aromatic heterocycles. The van der Waals surface area contributed by atoms with Gasteiger partial charge < -0.3 is 15.1 Å². The molecule has 2 N–H and O–H groups in total. The van der Waals surface area contributed by atoms with Crippen molar-refractivity contribution in [2.75, 3.05) is 11.9 Å². The smallest absolute Gasteiger partial charge is 0.395 e. The van der Waals surface area contributed by atoms with Crippen LogP contribution >= 0.6 is 0 Å². The minimum Gasteiger partial charge on any atom is -0.395 e. The summed E-state index contributed by atoms with van der Waals surface area (Å²) in [5.41, 5.74) is 1.32. The van der Waals surface area contributed by atoms with E-state index in [0.717, 1.165) is 11.6 Å². The number of hydrogen-bond acceptors (Lipinski definition) is 5. The van der Waals surface area contributed by atoms with E-state index < -0.39 is 22.6 Å². The zero-order valence-corrected chi connectivity index (χ0v) is 15.1. The molecule has 0 atom stereocenters. The van der Waals surface area contributed by atoms with Gasteiger partial charge in [0.25, 0.3) is 11.8 Å². The maximum absolute atomic E-state index is 12.9. The molecule has 1 heterocycles. The topological polar surface area (TPSA) is 114 Å². The van der Waals surface area contributed by atoms with Crippen LogP contribution in [0.25, 0.3) is 0 Å². The molecular formula is C20H16FN3O5. The summed E-state index contributed by atoms with van der Waals surface area (Å²) in [5.74, 6) is -2.26. The van der Waals surface area contributed by atoms with Crippen LogP contribution in [-0.4, -0.2) is 23.3 Å². The van der Waals surface area contributed by atoms with Gasteiger partial charge in [-0.2, -0.15) is 0 Å². The molecule has 3 rings (SSSR count). The van der Waals surface area contributed by atoms with Crippen molar-refractivity contribution in [2.24, 2.45) is 0 Å². The van der Waals surface area contributed by atoms with Gasteiger partial charge in [0.05, 0.1) is 17.3 Å². The summed E-state index contributed by atoms with van der Waals surface area (Å²) < 4.78 is 17.8. The molecule has 0 saturated carbocycles. The van der Waals surface area contributed by atoms with Crippen LogP contribution in [0.2, 0.25) is 0 Å². The minimum absolute atomic E-state index is 0.223. The van der Waals surface area contributed by atoms with Crippen LogP contribution in [0.15, 0.2) is 65.1 Å². The Labute approximate surface area is 164 Å². The number of amides is 2. The number of nitro groups is 1. The Balaban J connectivity index is 1.64. The molecule has 2 amide bonds. The lowest BCUT2D eigenvalue weighted by molar-refractivity contribution is -0.402. The average Bonchev–Trinajstić information content (AvgIpc) is 3.21. The first-order valence-corrected chi connectivity index (χ1v) is 8.61. The van der Waals surface area contributed by atoms with Crippen LogP contribution in [-0.2, 0) is 6.42 Å². The zero-order chi connectivity index (χ0) is 20.8. The number of rotatable bonds is 7. The SMILES string of the molecule is O=C(Nc1ccccc1C(=O)NCCc1ccc(F)cc1)c1ccc([N+](=O)[O-])o1. The molecule has 0 unspecified atom stereocenters. The lowest BCUT2D eigenvalue weighted by Crippen LogP contribution is -2.27. The molecule has 0 fully saturated rings. The Morgan fingerprint density at radius 1 is 1.00 bits per heavy atom. The maximum Gasteiger partial charge on any atom is 0.433 e. The first kappa shape index (κ1) is 19.7. The Kier molecular flexibility index (Phi) is 5.98. The average molecular weight is 397 g/mol. The van der Waals surface area contributed by atoms with Gasteiger partial charge >= 0.3 is 5.88 Å². The Morgan fingerprint density at radius 2 is 1.72 bits per heavy atom. The first-order valence-electron chi connectivity index (χ1n) is 8.61. The van der Waals surface area contributed by atoms with E-state index in [4.69, 9.17) is 4.42 Å². The summed E-state index contributed by atoms with van der Waals surface area (Å²) in [6, 6.07) is 14.6. The van der Waals surface area contributed by atoms with Gasteiger partial charge in [-0.3, -0.25) is 19.7 Å². The van der Waals surface area contributed by atoms with E-state index >= 15 is 0 Å². The number of carbonyl (C=O) groups is 2. The number of anilines is 1. The van der Waals surface area contributed by atoms with Crippen LogP contribution in [0.3, 0.4) is 0 Å². The molecule has 0 saturated heterocycles. The molecule has 8 nitrogen and oxygen atoms in total. The van der Waals surface area contributed by atoms with E-state index in [-0.39, 0.29) is 22.8 Å². The van der Waals surface area contributed by atoms with Crippen molar-refractivity contribution in [3.05, 3.63) is 93.5 Å². The number of nitrogens with one attached hydrogen (secondary N) is 2. The quantitative estimate of drug-likeness (QED) is 0.467. The fraction of sp³-hybridized carbons (Fsp3) is 0.100. The third-order valence-corrected chi connectivity index (χ3v) is 4.03. The first-order chi connectivity index (χ1) is 13.9. The largest absolute Gasteiger partial charge is 0.433 e. The second kappa shape index (κ2) is 8.79. The summed E-state index contributed by atoms with van der Waals surface area (Å²) >= 11 is 0. The number of carbonyl (C=O) groups excluding carboxylic acids is 2. The summed E-state index contributed by atoms with van der Waals surface area (Å²) in [5, 5.41) is 15.9. The van der Waals surface area contributed by atoms with Gasteiger partial charge in [0.15, 0.2) is 5.76 Å². The number of benzene rings is 2. The second-order valence-corrected chi connectivity index (χ2v) is 6.03. The van der Waals surface area contributed by atoms with Crippen LogP contribution in [0.4, 0.5) is 16.0 Å². The van der Waals surface area contributed by atoms with Crippen molar-refractivity contribution in [3.63, 3.8) is 0 Å². The third kappa shape index (κ3) is 5.04. The van der Waals surface area contributed by atoms with Crippen molar-refractivity contribution in [3.8, 4) is 0 Å². The highest BCUT2D eigenvalue weighted by atomic mass is 19.1. The highest BCUT2D eigenvalue weighted by Gasteiger charge is 2.19. The van der Waals surface area contributed by atoms with Gasteiger partial charge in [0.2, 0.25) is 0 Å². The van der Waals surface area contributed by atoms with Crippen molar-refractivity contribution in [1.82, 2.24) is 5.32 Å². The van der Waals surface area contributed by atoms with E-state index in [0.29, 0.717) is 13.0 Å². The summed E-state index contributed by atoms with van der Waals surface area (Å²) in [6.07, 6.45) is 0.511. The highest BCUT2D eigenvalue weighted by Crippen LogP contribution is 2.19. The molecule has 0 radical (unpaired) electrons. The molecule has 9 heteroatoms. The molecule has 3 aromatic rings. The molecule has 148 valence electrons. The van der Waals surface area contributed by atoms with E-state index in [1.165, 1.54) is 30.3 Å². The van der Waals surface area contributed by atoms with Gasteiger partial charge in [-0.25, -0.2) is 4.39 Å². The van der Waals surface area contributed by atoms with E-state index in [1.54, 1.807) is 24.3 Å². The van der Waals surface area contributed by atoms with Gasteiger partial charge in [-0.15, -0.1) is 0 Å². The Bertz CT molecular complexity index is 1050. The number of nitrogens with zero attached hydrogens (tertiary/aromatic N) is 1. The number of furan rings is 1. The van der Waals surface area contributed by atoms with Gasteiger partial charge in [-0.1, -0.05) is 24.3 Å². The fourth-order valence-electron chi connectivity index (χ4n) is 2.59. The predicted molar refractivity (Wildman–Crippen MR) is 102 cm³/mol. The second-order valence-electron chi connectivity index (χ2n) is 6.03. The van der Waals surface area contributed by atoms with Crippen LogP contribution in [0.5, 0.6) is 0 Å². The lowest BCUT2D eigenvalue weighted by Gasteiger charge is -2.11. The van der Waals surface area contributed by atoms with E-state index in [2.05, 4.69) is 10.6 Å². The Morgan fingerprint density at radius 3 is 2.41 bits per heavy atom. The number of halogens is 1. The Hall–Kier alpha value is -4.01. The molecule has 0 aliphatic rings. The van der Waals surface area contributed by atoms with Crippen LogP contribution in [0.1, 0.15) is 26.5 Å². The van der Waals surface area contributed by atoms with Crippen molar-refractivity contribution < 1.29 is 23.3 Å². The summed E-state index contributed by atoms with van der Waals surface area (Å²) in [6.45, 7) is 0.317. The lowest BCUT2D eigenvalue weighted by atomic mass is 10.1. The monoisotopic (exact) mass is 397 g/mol. The molecule has 0 bridgehead atoms. The van der Waals surface area contributed by atoms with Gasteiger partial charge in [0, 0.05) is 6.54 Å². The molecule has 2 aromatic carbocycles. The number of hydrogen-bond donors (Lipinski definition) is 2. The van der Waals surface area contributed by atoms with E-state index in [1.807, 2.05) is 0 Å². The molecule has 0 aliphatic carbocycles. The standard InChI is InChI=1S/C20H16FN3O5/c21-14-7-5-13(6-8-14)11-12-22-19(25)15-3-1-2-4-16(15)23-20(26)17-9-10-18(29-17)24(27)28/h1-10H,11-12H2,(H,22,25)(H,23,26). The molecule has 29 heavy (non-hydrogen) atoms. The predicted octanol–water partition coefficient (Wildman–Crippen LogP) is 3.55. The van der Waals surface area contributed by atoms with Gasteiger partial charge in [-0.05, 0) is 42.3 Å². The fourth-order valence-corrected chi connectivity index (χ4v) is 2.59. The van der Waals surface area contributed by atoms with Crippen molar-refractivity contribution in [1.29, 1.82) is 0 Å². The zero-order valence-electron chi connectivity index (χ0n) is 15.1. The van der Waals surface area contributed by atoms with Gasteiger partial charge in [0.1, 0.15) is 10.7 Å². The highest BCUT2D eigenvalue weighted by molar-refractivity contribution is 6.07. The molecule has 0 aliphatic heterocycles. The van der Waals surface area contributed by atoms with Crippen molar-refractivity contribution >= 4 is 23.4 Å². The summed E-state index contributed by atoms with van der Waals surface area (Å²) in [7, 11) is 0. The molecular weight excluding hydrogens is 381 g/mol. The number of para-hydroxylation sites is 1. The normalized spacial score (nSPS) is 10.4. The van der Waals surface area contributed by atoms with Crippen LogP contribution in [0, 0.1) is 15.9 Å². The van der Waals surface area contributed by atoms with E-state index in [9.17, 15) is 24.1 Å². The summed E-state index contributed by atoms with van der Waals surface area (Å²) in [4.78, 5) is 34.7. The van der Waals surface area contributed by atoms with Crippen molar-refractivity contribution in [2.45, 2.75) is 6.42 Å². The maximum atomic E-state index is 12.9.